The van der Waals surface area contributed by atoms with E-state index in [9.17, 15) is 4.39 Å². The molecular weight excluding hydrogens is 201 g/mol. The average Bonchev–Trinajstić information content (AvgIpc) is 2.26. The van der Waals surface area contributed by atoms with Crippen LogP contribution in [0.5, 0.6) is 0 Å². The SMILES string of the molecule is CCCC(NC)C(C)(C)c1ccc(F)cc1. The third-order valence-electron chi connectivity index (χ3n) is 3.39. The highest BCUT2D eigenvalue weighted by Crippen LogP contribution is 2.29. The summed E-state index contributed by atoms with van der Waals surface area (Å²) >= 11 is 0. The Hall–Kier alpha value is -0.890. The fraction of sp³-hybridized carbons (Fsp3) is 0.571. The second-order valence-corrected chi connectivity index (χ2v) is 4.86. The van der Waals surface area contributed by atoms with Crippen LogP contribution in [0, 0.1) is 5.82 Å². The summed E-state index contributed by atoms with van der Waals surface area (Å²) in [6.45, 7) is 6.60. The van der Waals surface area contributed by atoms with Crippen LogP contribution in [0.2, 0.25) is 0 Å². The molecule has 90 valence electrons. The minimum Gasteiger partial charge on any atom is -0.316 e. The van der Waals surface area contributed by atoms with Gasteiger partial charge in [0.1, 0.15) is 5.82 Å². The van der Waals surface area contributed by atoms with E-state index in [1.54, 1.807) is 0 Å². The fourth-order valence-electron chi connectivity index (χ4n) is 2.24. The minimum atomic E-state index is -0.170. The Morgan fingerprint density at radius 3 is 2.25 bits per heavy atom. The summed E-state index contributed by atoms with van der Waals surface area (Å²) in [4.78, 5) is 0. The van der Waals surface area contributed by atoms with Crippen LogP contribution in [0.1, 0.15) is 39.2 Å². The molecule has 1 N–H and O–H groups in total. The van der Waals surface area contributed by atoms with Gasteiger partial charge in [-0.3, -0.25) is 0 Å². The first-order valence-corrected chi connectivity index (χ1v) is 5.95. The van der Waals surface area contributed by atoms with Crippen molar-refractivity contribution in [1.29, 1.82) is 0 Å². The molecule has 0 bridgehead atoms. The summed E-state index contributed by atoms with van der Waals surface area (Å²) in [5.41, 5.74) is 1.21. The van der Waals surface area contributed by atoms with Crippen LogP contribution in [0.3, 0.4) is 0 Å². The van der Waals surface area contributed by atoms with E-state index in [4.69, 9.17) is 0 Å². The normalized spacial score (nSPS) is 13.8. The van der Waals surface area contributed by atoms with Gasteiger partial charge in [-0.25, -0.2) is 4.39 Å². The summed E-state index contributed by atoms with van der Waals surface area (Å²) in [7, 11) is 1.99. The maximum absolute atomic E-state index is 12.9. The van der Waals surface area contributed by atoms with E-state index in [-0.39, 0.29) is 11.2 Å². The standard InChI is InChI=1S/C14H22FN/c1-5-6-13(16-4)14(2,3)11-7-9-12(15)10-8-11/h7-10,13,16H,5-6H2,1-4H3. The summed E-state index contributed by atoms with van der Waals surface area (Å²) in [5, 5.41) is 3.36. The van der Waals surface area contributed by atoms with E-state index in [2.05, 4.69) is 26.1 Å². The Morgan fingerprint density at radius 1 is 1.25 bits per heavy atom. The zero-order chi connectivity index (χ0) is 12.2. The van der Waals surface area contributed by atoms with Gasteiger partial charge in [-0.05, 0) is 31.2 Å². The number of rotatable bonds is 5. The lowest BCUT2D eigenvalue weighted by Crippen LogP contribution is -2.43. The van der Waals surface area contributed by atoms with Crippen molar-refractivity contribution in [3.63, 3.8) is 0 Å². The lowest BCUT2D eigenvalue weighted by molar-refractivity contribution is 0.337. The van der Waals surface area contributed by atoms with E-state index < -0.39 is 0 Å². The molecule has 1 aromatic rings. The minimum absolute atomic E-state index is 0.0262. The van der Waals surface area contributed by atoms with Crippen molar-refractivity contribution >= 4 is 0 Å². The highest BCUT2D eigenvalue weighted by atomic mass is 19.1. The molecule has 1 rings (SSSR count). The van der Waals surface area contributed by atoms with Crippen molar-refractivity contribution in [1.82, 2.24) is 5.32 Å². The van der Waals surface area contributed by atoms with Gasteiger partial charge < -0.3 is 5.32 Å². The van der Waals surface area contributed by atoms with Crippen molar-refractivity contribution < 1.29 is 4.39 Å². The first kappa shape index (κ1) is 13.2. The van der Waals surface area contributed by atoms with Crippen LogP contribution in [-0.2, 0) is 5.41 Å². The quantitative estimate of drug-likeness (QED) is 0.805. The Bertz CT molecular complexity index is 316. The number of hydrogen-bond donors (Lipinski definition) is 1. The van der Waals surface area contributed by atoms with Gasteiger partial charge >= 0.3 is 0 Å². The molecular formula is C14H22FN. The molecule has 0 saturated heterocycles. The molecule has 0 spiro atoms. The predicted octanol–water partition coefficient (Wildman–Crippen LogP) is 3.49. The van der Waals surface area contributed by atoms with Gasteiger partial charge in [-0.15, -0.1) is 0 Å². The molecule has 0 fully saturated rings. The second kappa shape index (κ2) is 5.44. The van der Waals surface area contributed by atoms with Crippen LogP contribution < -0.4 is 5.32 Å². The van der Waals surface area contributed by atoms with Gasteiger partial charge in [0.05, 0.1) is 0 Å². The summed E-state index contributed by atoms with van der Waals surface area (Å²) in [5.74, 6) is -0.170. The average molecular weight is 223 g/mol. The van der Waals surface area contributed by atoms with Gasteiger partial charge in [0, 0.05) is 11.5 Å². The predicted molar refractivity (Wildman–Crippen MR) is 67.2 cm³/mol. The molecule has 16 heavy (non-hydrogen) atoms. The summed E-state index contributed by atoms with van der Waals surface area (Å²) < 4.78 is 12.9. The van der Waals surface area contributed by atoms with E-state index in [0.717, 1.165) is 12.8 Å². The van der Waals surface area contributed by atoms with Crippen LogP contribution >= 0.6 is 0 Å². The molecule has 0 amide bonds. The Labute approximate surface area is 98.1 Å². The maximum atomic E-state index is 12.9. The Morgan fingerprint density at radius 2 is 1.81 bits per heavy atom. The molecule has 0 aliphatic carbocycles. The van der Waals surface area contributed by atoms with Crippen molar-refractivity contribution in [3.05, 3.63) is 35.6 Å². The zero-order valence-electron chi connectivity index (χ0n) is 10.7. The maximum Gasteiger partial charge on any atom is 0.123 e. The zero-order valence-corrected chi connectivity index (χ0v) is 10.7. The van der Waals surface area contributed by atoms with Crippen LogP contribution in [-0.4, -0.2) is 13.1 Å². The second-order valence-electron chi connectivity index (χ2n) is 4.86. The molecule has 1 aromatic carbocycles. The molecule has 0 aromatic heterocycles. The molecule has 0 aliphatic heterocycles. The third-order valence-corrected chi connectivity index (χ3v) is 3.39. The van der Waals surface area contributed by atoms with Gasteiger partial charge in [-0.2, -0.15) is 0 Å². The number of nitrogens with one attached hydrogen (secondary N) is 1. The first-order chi connectivity index (χ1) is 7.52. The van der Waals surface area contributed by atoms with Crippen LogP contribution in [0.4, 0.5) is 4.39 Å². The van der Waals surface area contributed by atoms with Crippen molar-refractivity contribution in [2.45, 2.75) is 45.1 Å². The molecule has 1 unspecified atom stereocenters. The van der Waals surface area contributed by atoms with Gasteiger partial charge in [0.15, 0.2) is 0 Å². The largest absolute Gasteiger partial charge is 0.316 e. The molecule has 1 atom stereocenters. The fourth-order valence-corrected chi connectivity index (χ4v) is 2.24. The lowest BCUT2D eigenvalue weighted by Gasteiger charge is -2.34. The van der Waals surface area contributed by atoms with Crippen molar-refractivity contribution in [2.75, 3.05) is 7.05 Å². The van der Waals surface area contributed by atoms with Crippen molar-refractivity contribution in [3.8, 4) is 0 Å². The Balaban J connectivity index is 2.94. The lowest BCUT2D eigenvalue weighted by atomic mass is 9.76. The van der Waals surface area contributed by atoms with Crippen molar-refractivity contribution in [2.24, 2.45) is 0 Å². The molecule has 0 heterocycles. The molecule has 1 nitrogen and oxygen atoms in total. The number of hydrogen-bond acceptors (Lipinski definition) is 1. The smallest absolute Gasteiger partial charge is 0.123 e. The number of halogens is 1. The highest BCUT2D eigenvalue weighted by molar-refractivity contribution is 5.26. The van der Waals surface area contributed by atoms with E-state index >= 15 is 0 Å². The van der Waals surface area contributed by atoms with E-state index in [1.807, 2.05) is 19.2 Å². The first-order valence-electron chi connectivity index (χ1n) is 5.95. The van der Waals surface area contributed by atoms with Crippen LogP contribution in [0.25, 0.3) is 0 Å². The third kappa shape index (κ3) is 2.82. The molecule has 0 radical (unpaired) electrons. The number of likely N-dealkylation sites (N-methyl/N-ethyl adjacent to an activating group) is 1. The number of benzene rings is 1. The molecule has 2 heteroatoms. The molecule has 0 saturated carbocycles. The monoisotopic (exact) mass is 223 g/mol. The summed E-state index contributed by atoms with van der Waals surface area (Å²) in [6.07, 6.45) is 2.27. The summed E-state index contributed by atoms with van der Waals surface area (Å²) in [6, 6.07) is 7.26. The topological polar surface area (TPSA) is 12.0 Å². The molecule has 0 aliphatic rings. The van der Waals surface area contributed by atoms with E-state index in [0.29, 0.717) is 6.04 Å². The van der Waals surface area contributed by atoms with Crippen LogP contribution in [0.15, 0.2) is 24.3 Å². The van der Waals surface area contributed by atoms with Gasteiger partial charge in [-0.1, -0.05) is 39.3 Å². The van der Waals surface area contributed by atoms with E-state index in [1.165, 1.54) is 17.7 Å². The van der Waals surface area contributed by atoms with Gasteiger partial charge in [0.25, 0.3) is 0 Å². The Kier molecular flexibility index (Phi) is 4.48. The van der Waals surface area contributed by atoms with Gasteiger partial charge in [0.2, 0.25) is 0 Å². The highest BCUT2D eigenvalue weighted by Gasteiger charge is 2.29.